The van der Waals surface area contributed by atoms with Gasteiger partial charge in [-0.25, -0.2) is 9.97 Å². The molecule has 4 heterocycles. The van der Waals surface area contributed by atoms with Gasteiger partial charge >= 0.3 is 0 Å². The van der Waals surface area contributed by atoms with Crippen molar-refractivity contribution in [3.63, 3.8) is 0 Å². The van der Waals surface area contributed by atoms with E-state index in [1.807, 2.05) is 19.2 Å². The Bertz CT molecular complexity index is 872. The van der Waals surface area contributed by atoms with Crippen molar-refractivity contribution in [1.29, 1.82) is 5.26 Å². The molecule has 0 saturated carbocycles. The van der Waals surface area contributed by atoms with Crippen molar-refractivity contribution >= 4 is 22.9 Å². The highest BCUT2D eigenvalue weighted by Gasteiger charge is 2.56. The third-order valence-corrected chi connectivity index (χ3v) is 4.70. The van der Waals surface area contributed by atoms with E-state index in [0.29, 0.717) is 11.4 Å². The summed E-state index contributed by atoms with van der Waals surface area (Å²) in [6.07, 6.45) is 1.34. The lowest BCUT2D eigenvalue weighted by Gasteiger charge is -2.24. The highest BCUT2D eigenvalue weighted by Crippen LogP contribution is 2.44. The van der Waals surface area contributed by atoms with E-state index in [1.165, 1.54) is 12.7 Å². The molecular weight excluding hydrogens is 334 g/mol. The van der Waals surface area contributed by atoms with Crippen LogP contribution in [0.4, 0.5) is 0 Å². The summed E-state index contributed by atoms with van der Waals surface area (Å²) in [6.45, 7) is 3.68. The molecule has 2 aromatic heterocycles. The molecule has 4 atom stereocenters. The molecule has 1 N–H and O–H groups in total. The van der Waals surface area contributed by atoms with E-state index >= 15 is 0 Å². The molecule has 0 radical (unpaired) electrons. The molecule has 0 bridgehead atoms. The van der Waals surface area contributed by atoms with Gasteiger partial charge in [0.1, 0.15) is 17.6 Å². The fourth-order valence-electron chi connectivity index (χ4n) is 3.19. The minimum absolute atomic E-state index is 0.241. The predicted octanol–water partition coefficient (Wildman–Crippen LogP) is 0.751. The van der Waals surface area contributed by atoms with E-state index in [-0.39, 0.29) is 29.4 Å². The fourth-order valence-corrected chi connectivity index (χ4v) is 3.69. The molecule has 4 unspecified atom stereocenters. The van der Waals surface area contributed by atoms with E-state index in [9.17, 15) is 4.79 Å². The number of imidazole rings is 1. The molecule has 2 fully saturated rings. The largest absolute Gasteiger partial charge is 0.348 e. The van der Waals surface area contributed by atoms with Crippen LogP contribution in [0.15, 0.2) is 17.4 Å². The zero-order valence-electron chi connectivity index (χ0n) is 13.0. The molecule has 2 aliphatic heterocycles. The molecule has 10 heteroatoms. The van der Waals surface area contributed by atoms with Gasteiger partial charge in [-0.2, -0.15) is 5.26 Å². The van der Waals surface area contributed by atoms with Gasteiger partial charge < -0.3 is 19.2 Å². The molecule has 2 aromatic rings. The minimum Gasteiger partial charge on any atom is -0.348 e. The van der Waals surface area contributed by atoms with Crippen LogP contribution in [0.2, 0.25) is 0 Å². The maximum absolute atomic E-state index is 11.8. The van der Waals surface area contributed by atoms with Gasteiger partial charge in [0, 0.05) is 5.75 Å². The maximum atomic E-state index is 11.8. The highest BCUT2D eigenvalue weighted by molar-refractivity contribution is 8.03. The molecule has 126 valence electrons. The molecule has 0 spiro atoms. The van der Waals surface area contributed by atoms with Gasteiger partial charge in [-0.15, -0.1) is 0 Å². The summed E-state index contributed by atoms with van der Waals surface area (Å²) in [5, 5.41) is 10.9. The van der Waals surface area contributed by atoms with Crippen LogP contribution < -0.4 is 5.56 Å². The van der Waals surface area contributed by atoms with E-state index in [0.717, 1.165) is 11.8 Å². The summed E-state index contributed by atoms with van der Waals surface area (Å²) in [5.74, 6) is -0.275. The third-order valence-electron chi connectivity index (χ3n) is 4.08. The van der Waals surface area contributed by atoms with E-state index < -0.39 is 12.0 Å². The monoisotopic (exact) mass is 349 g/mol. The van der Waals surface area contributed by atoms with Gasteiger partial charge in [0.2, 0.25) is 0 Å². The first-order valence-electron chi connectivity index (χ1n) is 7.42. The van der Waals surface area contributed by atoms with Crippen LogP contribution in [0.5, 0.6) is 0 Å². The van der Waals surface area contributed by atoms with Crippen LogP contribution >= 0.6 is 11.8 Å². The van der Waals surface area contributed by atoms with Crippen molar-refractivity contribution in [1.82, 2.24) is 19.5 Å². The minimum atomic E-state index is -0.742. The molecule has 9 nitrogen and oxygen atoms in total. The molecule has 0 amide bonds. The molecule has 0 aromatic carbocycles. The van der Waals surface area contributed by atoms with Gasteiger partial charge in [0.15, 0.2) is 23.2 Å². The Balaban J connectivity index is 1.73. The van der Waals surface area contributed by atoms with Crippen molar-refractivity contribution in [2.75, 3.05) is 5.75 Å². The molecule has 24 heavy (non-hydrogen) atoms. The average molecular weight is 349 g/mol. The fraction of sp³-hybridized carbons (Fsp3) is 0.571. The quantitative estimate of drug-likeness (QED) is 0.807. The van der Waals surface area contributed by atoms with Crippen molar-refractivity contribution in [3.05, 3.63) is 23.0 Å². The van der Waals surface area contributed by atoms with Gasteiger partial charge in [-0.1, -0.05) is 0 Å². The number of nitrogens with one attached hydrogen (secondary N) is 1. The average Bonchev–Trinajstić information content (AvgIpc) is 3.17. The number of rotatable bonds is 3. The van der Waals surface area contributed by atoms with Crippen LogP contribution in [0.1, 0.15) is 20.1 Å². The topological polar surface area (TPSA) is 115 Å². The van der Waals surface area contributed by atoms with Crippen molar-refractivity contribution in [3.8, 4) is 5.40 Å². The zero-order valence-corrected chi connectivity index (χ0v) is 13.8. The Hall–Kier alpha value is -1.93. The Labute approximate surface area is 140 Å². The van der Waals surface area contributed by atoms with Crippen LogP contribution in [-0.2, 0) is 14.2 Å². The van der Waals surface area contributed by atoms with Gasteiger partial charge in [0.25, 0.3) is 5.56 Å². The SMILES string of the molecule is CC1(C)OC2C(CSC#N)OC(n3cnc4c(=O)[nH]cnc43)C2O1. The summed E-state index contributed by atoms with van der Waals surface area (Å²) in [7, 11) is 0. The summed E-state index contributed by atoms with van der Waals surface area (Å²) in [5.41, 5.74) is 0.351. The number of hydrogen-bond donors (Lipinski definition) is 1. The number of fused-ring (bicyclic) bond motifs is 2. The second-order valence-corrected chi connectivity index (χ2v) is 6.89. The van der Waals surface area contributed by atoms with Crippen molar-refractivity contribution in [2.45, 2.75) is 44.2 Å². The van der Waals surface area contributed by atoms with E-state index in [2.05, 4.69) is 15.0 Å². The standard InChI is InChI=1S/C14H15N5O4S/c1-14(2)22-9-7(3-24-4-15)21-13(10(9)23-14)19-6-18-8-11(19)16-5-17-12(8)20/h5-7,9-10,13H,3H2,1-2H3,(H,16,17,20). The number of ether oxygens (including phenoxy) is 3. The lowest BCUT2D eigenvalue weighted by atomic mass is 10.1. The van der Waals surface area contributed by atoms with Crippen molar-refractivity contribution < 1.29 is 14.2 Å². The second kappa shape index (κ2) is 5.56. The number of aromatic nitrogens is 4. The Morgan fingerprint density at radius 1 is 1.42 bits per heavy atom. The number of thiocyanates is 1. The summed E-state index contributed by atoms with van der Waals surface area (Å²) < 4.78 is 19.7. The maximum Gasteiger partial charge on any atom is 0.278 e. The third kappa shape index (κ3) is 2.41. The Kier molecular flexibility index (Phi) is 3.61. The molecule has 0 aliphatic carbocycles. The van der Waals surface area contributed by atoms with Gasteiger partial charge in [-0.05, 0) is 25.6 Å². The summed E-state index contributed by atoms with van der Waals surface area (Å²) in [4.78, 5) is 22.7. The lowest BCUT2D eigenvalue weighted by Crippen LogP contribution is -2.31. The first-order valence-corrected chi connectivity index (χ1v) is 8.41. The Morgan fingerprint density at radius 2 is 2.21 bits per heavy atom. The first kappa shape index (κ1) is 15.6. The molecule has 2 saturated heterocycles. The molecule has 2 aliphatic rings. The van der Waals surface area contributed by atoms with E-state index in [4.69, 9.17) is 19.5 Å². The lowest BCUT2D eigenvalue weighted by molar-refractivity contribution is -0.193. The molecular formula is C14H15N5O4S. The number of nitrogens with zero attached hydrogens (tertiary/aromatic N) is 4. The summed E-state index contributed by atoms with van der Waals surface area (Å²) in [6, 6.07) is 0. The predicted molar refractivity (Wildman–Crippen MR) is 84.0 cm³/mol. The van der Waals surface area contributed by atoms with E-state index in [1.54, 1.807) is 4.57 Å². The second-order valence-electron chi connectivity index (χ2n) is 6.09. The smallest absolute Gasteiger partial charge is 0.278 e. The van der Waals surface area contributed by atoms with Crippen LogP contribution in [0.25, 0.3) is 11.2 Å². The van der Waals surface area contributed by atoms with Crippen molar-refractivity contribution in [2.24, 2.45) is 0 Å². The van der Waals surface area contributed by atoms with Gasteiger partial charge in [-0.3, -0.25) is 9.36 Å². The highest BCUT2D eigenvalue weighted by atomic mass is 32.2. The number of nitriles is 1. The summed E-state index contributed by atoms with van der Waals surface area (Å²) >= 11 is 1.11. The van der Waals surface area contributed by atoms with Gasteiger partial charge in [0.05, 0.1) is 18.8 Å². The molecule has 4 rings (SSSR count). The normalized spacial score (nSPS) is 31.2. The Morgan fingerprint density at radius 3 is 3.00 bits per heavy atom. The van der Waals surface area contributed by atoms with Crippen LogP contribution in [-0.4, -0.2) is 49.4 Å². The van der Waals surface area contributed by atoms with Crippen LogP contribution in [0, 0.1) is 10.7 Å². The first-order chi connectivity index (χ1) is 11.5. The number of H-pyrrole nitrogens is 1. The zero-order chi connectivity index (χ0) is 16.9. The number of aromatic amines is 1. The number of thioether (sulfide) groups is 1. The van der Waals surface area contributed by atoms with Crippen LogP contribution in [0.3, 0.4) is 0 Å². The number of hydrogen-bond acceptors (Lipinski definition) is 8.